The Morgan fingerprint density at radius 3 is 2.33 bits per heavy atom. The molecule has 8 nitrogen and oxygen atoms in total. The van der Waals surface area contributed by atoms with E-state index in [9.17, 15) is 14.0 Å². The van der Waals surface area contributed by atoms with Crippen molar-refractivity contribution in [3.05, 3.63) is 101 Å². The molecule has 1 aliphatic heterocycles. The number of carbonyl (C=O) groups excluding carboxylic acids is 2. The Kier molecular flexibility index (Phi) is 8.31. The molecule has 10 heteroatoms. The van der Waals surface area contributed by atoms with Crippen molar-refractivity contribution in [1.82, 2.24) is 20.1 Å². The number of aromatic nitrogens is 3. The highest BCUT2D eigenvalue weighted by atomic mass is 79.9. The van der Waals surface area contributed by atoms with Gasteiger partial charge in [-0.2, -0.15) is 5.10 Å². The number of piperidine rings is 1. The second kappa shape index (κ2) is 12.2. The monoisotopic (exact) mass is 590 g/mol. The van der Waals surface area contributed by atoms with Crippen molar-refractivity contribution < 1.29 is 14.0 Å². The number of rotatable bonds is 8. The summed E-state index contributed by atoms with van der Waals surface area (Å²) in [5.41, 5.74) is 1.86. The van der Waals surface area contributed by atoms with E-state index in [-0.39, 0.29) is 23.0 Å². The van der Waals surface area contributed by atoms with Crippen LogP contribution in [0, 0.1) is 11.7 Å². The van der Waals surface area contributed by atoms with Gasteiger partial charge in [-0.15, -0.1) is 0 Å². The lowest BCUT2D eigenvalue weighted by atomic mass is 9.93. The van der Waals surface area contributed by atoms with Crippen LogP contribution in [-0.2, 0) is 0 Å². The van der Waals surface area contributed by atoms with Gasteiger partial charge < -0.3 is 15.5 Å². The van der Waals surface area contributed by atoms with E-state index in [1.807, 2.05) is 42.7 Å². The Bertz CT molecular complexity index is 1440. The van der Waals surface area contributed by atoms with Gasteiger partial charge in [-0.05, 0) is 77.5 Å². The van der Waals surface area contributed by atoms with Gasteiger partial charge in [0.05, 0.1) is 15.7 Å². The van der Waals surface area contributed by atoms with Gasteiger partial charge in [-0.1, -0.05) is 30.3 Å². The largest absolute Gasteiger partial charge is 0.371 e. The fourth-order valence-electron chi connectivity index (χ4n) is 4.74. The zero-order chi connectivity index (χ0) is 27.2. The molecule has 4 aromatic rings. The van der Waals surface area contributed by atoms with E-state index in [0.29, 0.717) is 22.6 Å². The standard InChI is InChI=1S/C29H28BrFN6O2/c30-25-26(29(39)33-17-10-20-13-18-36(19-14-20)21-11-15-32-16-12-21)35-37(22-6-2-1-3-7-22)27(25)34-28(38)23-8-4-5-9-24(23)31/h1-9,11-12,15-16,20H,10,13-14,17-19H2,(H,33,39)(H,34,38). The molecular formula is C29H28BrFN6O2. The third-order valence-corrected chi connectivity index (χ3v) is 7.63. The lowest BCUT2D eigenvalue weighted by Gasteiger charge is -2.33. The van der Waals surface area contributed by atoms with Gasteiger partial charge >= 0.3 is 0 Å². The van der Waals surface area contributed by atoms with Crippen LogP contribution in [0.1, 0.15) is 40.1 Å². The van der Waals surface area contributed by atoms with Gasteiger partial charge in [0, 0.05) is 37.7 Å². The van der Waals surface area contributed by atoms with Crippen LogP contribution in [0.25, 0.3) is 5.69 Å². The second-order valence-corrected chi connectivity index (χ2v) is 10.2. The van der Waals surface area contributed by atoms with Gasteiger partial charge in [0.25, 0.3) is 11.8 Å². The molecule has 0 radical (unpaired) electrons. The summed E-state index contributed by atoms with van der Waals surface area (Å²) in [6.45, 7) is 2.46. The summed E-state index contributed by atoms with van der Waals surface area (Å²) in [5.74, 6) is -0.878. The van der Waals surface area contributed by atoms with Crippen molar-refractivity contribution in [1.29, 1.82) is 0 Å². The van der Waals surface area contributed by atoms with Crippen LogP contribution in [-0.4, -0.2) is 46.2 Å². The van der Waals surface area contributed by atoms with Crippen molar-refractivity contribution in [3.8, 4) is 5.69 Å². The lowest BCUT2D eigenvalue weighted by molar-refractivity contribution is 0.0943. The Morgan fingerprint density at radius 2 is 1.62 bits per heavy atom. The summed E-state index contributed by atoms with van der Waals surface area (Å²) >= 11 is 3.45. The number of hydrogen-bond acceptors (Lipinski definition) is 5. The molecule has 3 heterocycles. The maximum Gasteiger partial charge on any atom is 0.273 e. The first kappa shape index (κ1) is 26.6. The Balaban J connectivity index is 1.25. The first-order valence-electron chi connectivity index (χ1n) is 12.8. The number of nitrogens with zero attached hydrogens (tertiary/aromatic N) is 4. The van der Waals surface area contributed by atoms with E-state index in [1.54, 1.807) is 18.2 Å². The minimum Gasteiger partial charge on any atom is -0.371 e. The Morgan fingerprint density at radius 1 is 0.923 bits per heavy atom. The van der Waals surface area contributed by atoms with Crippen LogP contribution in [0.4, 0.5) is 15.9 Å². The van der Waals surface area contributed by atoms with Crippen LogP contribution < -0.4 is 15.5 Å². The number of hydrogen-bond donors (Lipinski definition) is 2. The van der Waals surface area contributed by atoms with E-state index in [2.05, 4.69) is 41.5 Å². The number of anilines is 2. The number of halogens is 2. The summed E-state index contributed by atoms with van der Waals surface area (Å²) in [7, 11) is 0. The average molecular weight is 591 g/mol. The quantitative estimate of drug-likeness (QED) is 0.284. The molecule has 39 heavy (non-hydrogen) atoms. The normalized spacial score (nSPS) is 13.7. The predicted molar refractivity (Wildman–Crippen MR) is 152 cm³/mol. The Hall–Kier alpha value is -4.05. The predicted octanol–water partition coefficient (Wildman–Crippen LogP) is 5.46. The first-order valence-corrected chi connectivity index (χ1v) is 13.6. The molecule has 2 amide bonds. The Labute approximate surface area is 234 Å². The third-order valence-electron chi connectivity index (χ3n) is 6.87. The molecule has 5 rings (SSSR count). The maximum atomic E-state index is 14.2. The number of nitrogens with one attached hydrogen (secondary N) is 2. The molecule has 1 fully saturated rings. The molecular weight excluding hydrogens is 563 g/mol. The van der Waals surface area contributed by atoms with Crippen LogP contribution in [0.3, 0.4) is 0 Å². The van der Waals surface area contributed by atoms with Crippen LogP contribution in [0.15, 0.2) is 83.6 Å². The lowest BCUT2D eigenvalue weighted by Crippen LogP contribution is -2.35. The minimum absolute atomic E-state index is 0.105. The number of pyridine rings is 1. The zero-order valence-electron chi connectivity index (χ0n) is 21.2. The highest BCUT2D eigenvalue weighted by Crippen LogP contribution is 2.30. The van der Waals surface area contributed by atoms with Gasteiger partial charge in [-0.3, -0.25) is 14.6 Å². The molecule has 2 aromatic heterocycles. The minimum atomic E-state index is -0.643. The molecule has 2 aromatic carbocycles. The van der Waals surface area contributed by atoms with E-state index in [4.69, 9.17) is 0 Å². The van der Waals surface area contributed by atoms with Gasteiger partial charge in [-0.25, -0.2) is 9.07 Å². The van der Waals surface area contributed by atoms with E-state index >= 15 is 0 Å². The smallest absolute Gasteiger partial charge is 0.273 e. The highest BCUT2D eigenvalue weighted by Gasteiger charge is 2.25. The summed E-state index contributed by atoms with van der Waals surface area (Å²) in [6.07, 6.45) is 6.59. The van der Waals surface area contributed by atoms with Crippen molar-refractivity contribution in [2.24, 2.45) is 5.92 Å². The molecule has 0 unspecified atom stereocenters. The molecule has 2 N–H and O–H groups in total. The van der Waals surface area contributed by atoms with Crippen molar-refractivity contribution >= 4 is 39.2 Å². The van der Waals surface area contributed by atoms with Crippen LogP contribution in [0.5, 0.6) is 0 Å². The molecule has 0 spiro atoms. The fourth-order valence-corrected chi connectivity index (χ4v) is 5.26. The fraction of sp³-hybridized carbons (Fsp3) is 0.241. The molecule has 200 valence electrons. The average Bonchev–Trinajstić information content (AvgIpc) is 3.30. The van der Waals surface area contributed by atoms with Crippen molar-refractivity contribution in [3.63, 3.8) is 0 Å². The highest BCUT2D eigenvalue weighted by molar-refractivity contribution is 9.10. The summed E-state index contributed by atoms with van der Waals surface area (Å²) in [6, 6.07) is 18.9. The number of carbonyl (C=O) groups is 2. The molecule has 0 bridgehead atoms. The summed E-state index contributed by atoms with van der Waals surface area (Å²) < 4.78 is 16.0. The number of amides is 2. The van der Waals surface area contributed by atoms with E-state index < -0.39 is 11.7 Å². The number of benzene rings is 2. The van der Waals surface area contributed by atoms with Crippen molar-refractivity contribution in [2.75, 3.05) is 29.9 Å². The summed E-state index contributed by atoms with van der Waals surface area (Å²) in [5, 5.41) is 10.2. The van der Waals surface area contributed by atoms with E-state index in [1.165, 1.54) is 28.6 Å². The second-order valence-electron chi connectivity index (χ2n) is 9.37. The van der Waals surface area contributed by atoms with Gasteiger partial charge in [0.15, 0.2) is 11.5 Å². The maximum absolute atomic E-state index is 14.2. The van der Waals surface area contributed by atoms with Crippen LogP contribution >= 0.6 is 15.9 Å². The molecule has 1 saturated heterocycles. The topological polar surface area (TPSA) is 92.2 Å². The first-order chi connectivity index (χ1) is 19.0. The van der Waals surface area contributed by atoms with Crippen LogP contribution in [0.2, 0.25) is 0 Å². The van der Waals surface area contributed by atoms with E-state index in [0.717, 1.165) is 32.4 Å². The van der Waals surface area contributed by atoms with Gasteiger partial charge in [0.1, 0.15) is 5.82 Å². The third kappa shape index (κ3) is 6.17. The van der Waals surface area contributed by atoms with Gasteiger partial charge in [0.2, 0.25) is 0 Å². The zero-order valence-corrected chi connectivity index (χ0v) is 22.8. The summed E-state index contributed by atoms with van der Waals surface area (Å²) in [4.78, 5) is 32.5. The SMILES string of the molecule is O=C(Nc1c(Br)c(C(=O)NCCC2CCN(c3ccncc3)CC2)nn1-c1ccccc1)c1ccccc1F. The van der Waals surface area contributed by atoms with Crippen molar-refractivity contribution in [2.45, 2.75) is 19.3 Å². The molecule has 0 atom stereocenters. The molecule has 1 aliphatic rings. The number of para-hydroxylation sites is 1. The molecule has 0 aliphatic carbocycles. The molecule has 0 saturated carbocycles.